The van der Waals surface area contributed by atoms with E-state index in [2.05, 4.69) is 81.4 Å². The summed E-state index contributed by atoms with van der Waals surface area (Å²) in [7, 11) is 0. The number of halogens is 1. The highest BCUT2D eigenvalue weighted by Gasteiger charge is 2.41. The summed E-state index contributed by atoms with van der Waals surface area (Å²) in [5.41, 5.74) is 4.65. The molecule has 1 aliphatic rings. The summed E-state index contributed by atoms with van der Waals surface area (Å²) in [6.07, 6.45) is 1.83. The van der Waals surface area contributed by atoms with Gasteiger partial charge in [0.05, 0.1) is 21.6 Å². The molecule has 3 aromatic rings. The van der Waals surface area contributed by atoms with Crippen LogP contribution in [0.2, 0.25) is 0 Å². The standard InChI is InChI=1S/C20H18BrN3S2/c1-12-6-7-14(11-13(12)2)24-19(16-8-9-17(21)26-16)18(23-20(24)25)15-5-3-4-10-22-15/h3-11,18-19H,1-2H3,(H,23,25)/t18-,19-/m0/s1. The molecule has 1 aliphatic heterocycles. The van der Waals surface area contributed by atoms with E-state index in [1.54, 1.807) is 11.3 Å². The summed E-state index contributed by atoms with van der Waals surface area (Å²) in [5, 5.41) is 4.23. The van der Waals surface area contributed by atoms with Gasteiger partial charge in [0.1, 0.15) is 0 Å². The lowest BCUT2D eigenvalue weighted by atomic mass is 10.0. The molecule has 0 spiro atoms. The number of thiocarbonyl (C=S) groups is 1. The van der Waals surface area contributed by atoms with Crippen molar-refractivity contribution in [3.8, 4) is 0 Å². The van der Waals surface area contributed by atoms with Crippen molar-refractivity contribution in [2.24, 2.45) is 0 Å². The molecule has 0 aliphatic carbocycles. The van der Waals surface area contributed by atoms with E-state index >= 15 is 0 Å². The van der Waals surface area contributed by atoms with Gasteiger partial charge in [0.25, 0.3) is 0 Å². The number of hydrogen-bond acceptors (Lipinski definition) is 3. The maximum Gasteiger partial charge on any atom is 0.174 e. The molecule has 0 radical (unpaired) electrons. The van der Waals surface area contributed by atoms with E-state index in [1.165, 1.54) is 16.0 Å². The number of pyridine rings is 1. The molecule has 1 saturated heterocycles. The zero-order chi connectivity index (χ0) is 18.3. The Bertz CT molecular complexity index is 955. The molecule has 0 saturated carbocycles. The normalized spacial score (nSPS) is 19.7. The van der Waals surface area contributed by atoms with Crippen LogP contribution in [0.3, 0.4) is 0 Å². The van der Waals surface area contributed by atoms with Gasteiger partial charge in [-0.2, -0.15) is 0 Å². The third kappa shape index (κ3) is 3.17. The molecule has 0 bridgehead atoms. The van der Waals surface area contributed by atoms with Gasteiger partial charge in [-0.05, 0) is 89.5 Å². The van der Waals surface area contributed by atoms with Gasteiger partial charge >= 0.3 is 0 Å². The van der Waals surface area contributed by atoms with E-state index in [1.807, 2.05) is 18.3 Å². The summed E-state index contributed by atoms with van der Waals surface area (Å²) >= 11 is 11.1. The van der Waals surface area contributed by atoms with Crippen LogP contribution < -0.4 is 10.2 Å². The van der Waals surface area contributed by atoms with Crippen LogP contribution in [0.5, 0.6) is 0 Å². The van der Waals surface area contributed by atoms with Gasteiger partial charge in [0.2, 0.25) is 0 Å². The first kappa shape index (κ1) is 17.6. The molecular weight excluding hydrogens is 426 g/mol. The third-order valence-corrected chi connectivity index (χ3v) is 6.76. The minimum absolute atomic E-state index is 0.0101. The van der Waals surface area contributed by atoms with Crippen LogP contribution in [-0.2, 0) is 0 Å². The Labute approximate surface area is 171 Å². The lowest BCUT2D eigenvalue weighted by Crippen LogP contribution is -2.29. The van der Waals surface area contributed by atoms with Crippen molar-refractivity contribution in [2.75, 3.05) is 4.90 Å². The zero-order valence-corrected chi connectivity index (χ0v) is 17.7. The van der Waals surface area contributed by atoms with E-state index in [-0.39, 0.29) is 12.1 Å². The van der Waals surface area contributed by atoms with Crippen molar-refractivity contribution >= 4 is 50.3 Å². The van der Waals surface area contributed by atoms with E-state index in [0.29, 0.717) is 0 Å². The number of rotatable bonds is 3. The molecule has 132 valence electrons. The van der Waals surface area contributed by atoms with Crippen molar-refractivity contribution in [3.63, 3.8) is 0 Å². The van der Waals surface area contributed by atoms with Crippen LogP contribution >= 0.6 is 39.5 Å². The van der Waals surface area contributed by atoms with Crippen LogP contribution in [0, 0.1) is 13.8 Å². The van der Waals surface area contributed by atoms with Gasteiger partial charge in [-0.1, -0.05) is 12.1 Å². The predicted molar refractivity (Wildman–Crippen MR) is 116 cm³/mol. The number of thiophene rings is 1. The Kier molecular flexibility index (Phi) is 4.82. The Morgan fingerprint density at radius 1 is 1.12 bits per heavy atom. The molecule has 2 aromatic heterocycles. The van der Waals surface area contributed by atoms with Crippen LogP contribution in [-0.4, -0.2) is 10.1 Å². The molecule has 26 heavy (non-hydrogen) atoms. The molecular formula is C20H18BrN3S2. The fraction of sp³-hybridized carbons (Fsp3) is 0.200. The first-order valence-electron chi connectivity index (χ1n) is 8.38. The van der Waals surface area contributed by atoms with E-state index in [9.17, 15) is 0 Å². The molecule has 6 heteroatoms. The maximum atomic E-state index is 5.74. The lowest BCUT2D eigenvalue weighted by molar-refractivity contribution is 0.575. The Balaban J connectivity index is 1.83. The summed E-state index contributed by atoms with van der Waals surface area (Å²) in [4.78, 5) is 8.05. The van der Waals surface area contributed by atoms with Crippen LogP contribution in [0.4, 0.5) is 5.69 Å². The Morgan fingerprint density at radius 2 is 1.96 bits per heavy atom. The number of aromatic nitrogens is 1. The quantitative estimate of drug-likeness (QED) is 0.525. The van der Waals surface area contributed by atoms with Crippen LogP contribution in [0.1, 0.15) is 33.8 Å². The fourth-order valence-electron chi connectivity index (χ4n) is 3.28. The molecule has 1 fully saturated rings. The molecule has 2 atom stereocenters. The van der Waals surface area contributed by atoms with E-state index in [0.717, 1.165) is 20.3 Å². The molecule has 1 N–H and O–H groups in total. The molecule has 1 aromatic carbocycles. The minimum atomic E-state index is 0.0101. The van der Waals surface area contributed by atoms with E-state index < -0.39 is 0 Å². The summed E-state index contributed by atoms with van der Waals surface area (Å²) in [5.74, 6) is 0. The van der Waals surface area contributed by atoms with Crippen molar-refractivity contribution in [2.45, 2.75) is 25.9 Å². The van der Waals surface area contributed by atoms with Gasteiger partial charge in [0.15, 0.2) is 5.11 Å². The van der Waals surface area contributed by atoms with Crippen LogP contribution in [0.25, 0.3) is 0 Å². The minimum Gasteiger partial charge on any atom is -0.351 e. The number of benzene rings is 1. The van der Waals surface area contributed by atoms with Crippen molar-refractivity contribution in [3.05, 3.63) is 80.2 Å². The summed E-state index contributed by atoms with van der Waals surface area (Å²) in [6, 6.07) is 16.9. The van der Waals surface area contributed by atoms with Crippen molar-refractivity contribution in [1.82, 2.24) is 10.3 Å². The average Bonchev–Trinajstić information content (AvgIpc) is 3.21. The van der Waals surface area contributed by atoms with Crippen molar-refractivity contribution in [1.29, 1.82) is 0 Å². The predicted octanol–water partition coefficient (Wildman–Crippen LogP) is 5.70. The molecule has 3 nitrogen and oxygen atoms in total. The summed E-state index contributed by atoms with van der Waals surface area (Å²) in [6.45, 7) is 4.27. The zero-order valence-electron chi connectivity index (χ0n) is 14.4. The smallest absolute Gasteiger partial charge is 0.174 e. The molecule has 0 amide bonds. The molecule has 3 heterocycles. The van der Waals surface area contributed by atoms with Gasteiger partial charge in [-0.3, -0.25) is 4.98 Å². The SMILES string of the molecule is Cc1ccc(N2C(=S)N[C@@H](c3ccccn3)[C@@H]2c2ccc(Br)s2)cc1C. The van der Waals surface area contributed by atoms with Crippen LogP contribution in [0.15, 0.2) is 58.5 Å². The third-order valence-electron chi connectivity index (χ3n) is 4.75. The fourth-order valence-corrected chi connectivity index (χ4v) is 5.18. The number of nitrogens with zero attached hydrogens (tertiary/aromatic N) is 2. The number of aryl methyl sites for hydroxylation is 2. The van der Waals surface area contributed by atoms with E-state index in [4.69, 9.17) is 12.2 Å². The summed E-state index contributed by atoms with van der Waals surface area (Å²) < 4.78 is 1.12. The highest BCUT2D eigenvalue weighted by molar-refractivity contribution is 9.11. The number of hydrogen-bond donors (Lipinski definition) is 1. The lowest BCUT2D eigenvalue weighted by Gasteiger charge is -2.27. The second-order valence-electron chi connectivity index (χ2n) is 6.41. The maximum absolute atomic E-state index is 5.74. The van der Waals surface area contributed by atoms with Gasteiger partial charge < -0.3 is 10.2 Å². The topological polar surface area (TPSA) is 28.2 Å². The first-order chi connectivity index (χ1) is 12.5. The van der Waals surface area contributed by atoms with Gasteiger partial charge in [-0.15, -0.1) is 11.3 Å². The molecule has 4 rings (SSSR count). The van der Waals surface area contributed by atoms with Gasteiger partial charge in [-0.25, -0.2) is 0 Å². The highest BCUT2D eigenvalue weighted by atomic mass is 79.9. The number of nitrogens with one attached hydrogen (secondary N) is 1. The Morgan fingerprint density at radius 3 is 2.62 bits per heavy atom. The average molecular weight is 444 g/mol. The van der Waals surface area contributed by atoms with Crippen molar-refractivity contribution < 1.29 is 0 Å². The largest absolute Gasteiger partial charge is 0.351 e. The second-order valence-corrected chi connectivity index (χ2v) is 9.29. The Hall–Kier alpha value is -1.76. The number of anilines is 1. The first-order valence-corrected chi connectivity index (χ1v) is 10.4. The monoisotopic (exact) mass is 443 g/mol. The van der Waals surface area contributed by atoms with Gasteiger partial charge in [0, 0.05) is 16.8 Å². The molecule has 0 unspecified atom stereocenters. The highest BCUT2D eigenvalue weighted by Crippen LogP contribution is 2.44. The second kappa shape index (κ2) is 7.10.